The number of hydrogen-bond donors (Lipinski definition) is 0. The molecule has 0 aromatic carbocycles. The lowest BCUT2D eigenvalue weighted by atomic mass is 9.79. The van der Waals surface area contributed by atoms with Crippen LogP contribution in [0.5, 0.6) is 0 Å². The minimum atomic E-state index is 0.00729. The largest absolute Gasteiger partial charge is 0.466 e. The number of carbonyl (C=O) groups is 1. The van der Waals surface area contributed by atoms with Crippen molar-refractivity contribution in [2.24, 2.45) is 5.92 Å². The van der Waals surface area contributed by atoms with Gasteiger partial charge in [-0.2, -0.15) is 0 Å². The Kier molecular flexibility index (Phi) is 3.82. The lowest BCUT2D eigenvalue weighted by Gasteiger charge is -2.45. The molecule has 0 N–H and O–H groups in total. The second-order valence-electron chi connectivity index (χ2n) is 4.91. The summed E-state index contributed by atoms with van der Waals surface area (Å²) >= 11 is 0. The fourth-order valence-electron chi connectivity index (χ4n) is 2.53. The summed E-state index contributed by atoms with van der Waals surface area (Å²) in [5.41, 5.74) is 0. The Morgan fingerprint density at radius 1 is 1.25 bits per heavy atom. The maximum atomic E-state index is 11.5. The van der Waals surface area contributed by atoms with E-state index in [1.165, 1.54) is 0 Å². The zero-order chi connectivity index (χ0) is 11.5. The summed E-state index contributed by atoms with van der Waals surface area (Å²) in [5, 5.41) is 0. The molecule has 1 saturated heterocycles. The Balaban J connectivity index is 1.70. The van der Waals surface area contributed by atoms with E-state index in [9.17, 15) is 4.79 Å². The van der Waals surface area contributed by atoms with Gasteiger partial charge in [0.05, 0.1) is 12.5 Å². The molecule has 0 radical (unpaired) electrons. The normalized spacial score (nSPS) is 32.1. The van der Waals surface area contributed by atoms with Crippen molar-refractivity contribution in [1.82, 2.24) is 9.80 Å². The zero-order valence-electron chi connectivity index (χ0n) is 10.3. The molecule has 2 aliphatic rings. The van der Waals surface area contributed by atoms with Crippen molar-refractivity contribution >= 4 is 5.97 Å². The summed E-state index contributed by atoms with van der Waals surface area (Å²) in [5.74, 6) is 0.178. The van der Waals surface area contributed by atoms with E-state index in [0.717, 1.165) is 39.0 Å². The molecule has 16 heavy (non-hydrogen) atoms. The summed E-state index contributed by atoms with van der Waals surface area (Å²) in [6.45, 7) is 6.98. The van der Waals surface area contributed by atoms with E-state index in [0.29, 0.717) is 12.6 Å². The standard InChI is InChI=1S/C12H22N2O2/c1-3-16-12(15)10-8-11(9-10)14-6-4-13(2)5-7-14/h10-11H,3-9H2,1-2H3/t10-,11+. The number of piperazine rings is 1. The Morgan fingerprint density at radius 2 is 1.88 bits per heavy atom. The van der Waals surface area contributed by atoms with Gasteiger partial charge in [-0.05, 0) is 26.8 Å². The molecule has 0 spiro atoms. The third-order valence-corrected chi connectivity index (χ3v) is 3.79. The fourth-order valence-corrected chi connectivity index (χ4v) is 2.53. The smallest absolute Gasteiger partial charge is 0.309 e. The highest BCUT2D eigenvalue weighted by atomic mass is 16.5. The predicted octanol–water partition coefficient (Wildman–Crippen LogP) is 0.575. The van der Waals surface area contributed by atoms with E-state index in [4.69, 9.17) is 4.74 Å². The number of carbonyl (C=O) groups excluding carboxylic acids is 1. The fraction of sp³-hybridized carbons (Fsp3) is 0.917. The molecule has 1 aliphatic carbocycles. The van der Waals surface area contributed by atoms with Gasteiger partial charge in [0.2, 0.25) is 0 Å². The van der Waals surface area contributed by atoms with Gasteiger partial charge in [0.1, 0.15) is 0 Å². The van der Waals surface area contributed by atoms with E-state index in [1.807, 2.05) is 6.92 Å². The second kappa shape index (κ2) is 5.15. The lowest BCUT2D eigenvalue weighted by molar-refractivity contribution is -0.153. The van der Waals surface area contributed by atoms with E-state index in [2.05, 4.69) is 16.8 Å². The first-order valence-corrected chi connectivity index (χ1v) is 6.30. The van der Waals surface area contributed by atoms with Crippen molar-refractivity contribution in [2.45, 2.75) is 25.8 Å². The first-order chi connectivity index (χ1) is 7.70. The maximum Gasteiger partial charge on any atom is 0.309 e. The van der Waals surface area contributed by atoms with Gasteiger partial charge in [0.15, 0.2) is 0 Å². The van der Waals surface area contributed by atoms with Gasteiger partial charge in [-0.1, -0.05) is 0 Å². The molecule has 0 aromatic rings. The van der Waals surface area contributed by atoms with Crippen molar-refractivity contribution in [2.75, 3.05) is 39.8 Å². The highest BCUT2D eigenvalue weighted by molar-refractivity contribution is 5.73. The third kappa shape index (κ3) is 2.55. The van der Waals surface area contributed by atoms with Crippen LogP contribution in [0.3, 0.4) is 0 Å². The molecule has 1 saturated carbocycles. The van der Waals surface area contributed by atoms with Gasteiger partial charge >= 0.3 is 5.97 Å². The molecule has 1 aliphatic heterocycles. The van der Waals surface area contributed by atoms with Crippen LogP contribution in [0.15, 0.2) is 0 Å². The number of rotatable bonds is 3. The minimum Gasteiger partial charge on any atom is -0.466 e. The summed E-state index contributed by atoms with van der Waals surface area (Å²) < 4.78 is 5.03. The zero-order valence-corrected chi connectivity index (χ0v) is 10.3. The number of esters is 1. The van der Waals surface area contributed by atoms with E-state index in [1.54, 1.807) is 0 Å². The topological polar surface area (TPSA) is 32.8 Å². The Labute approximate surface area is 97.5 Å². The molecule has 0 atom stereocenters. The molecule has 4 heteroatoms. The summed E-state index contributed by atoms with van der Waals surface area (Å²) in [6.07, 6.45) is 2.01. The van der Waals surface area contributed by atoms with Crippen LogP contribution >= 0.6 is 0 Å². The number of hydrogen-bond acceptors (Lipinski definition) is 4. The van der Waals surface area contributed by atoms with Gasteiger partial charge in [-0.25, -0.2) is 0 Å². The SMILES string of the molecule is CCOC(=O)[C@H]1C[C@@H](N2CCN(C)CC2)C1. The minimum absolute atomic E-state index is 0.00729. The molecule has 0 unspecified atom stereocenters. The second-order valence-corrected chi connectivity index (χ2v) is 4.91. The average molecular weight is 226 g/mol. The Bertz CT molecular complexity index is 243. The van der Waals surface area contributed by atoms with Crippen LogP contribution in [-0.2, 0) is 9.53 Å². The van der Waals surface area contributed by atoms with Crippen LogP contribution in [0.25, 0.3) is 0 Å². The summed E-state index contributed by atoms with van der Waals surface area (Å²) in [7, 11) is 2.17. The third-order valence-electron chi connectivity index (χ3n) is 3.79. The van der Waals surface area contributed by atoms with Crippen molar-refractivity contribution in [3.63, 3.8) is 0 Å². The molecule has 2 fully saturated rings. The van der Waals surface area contributed by atoms with Crippen LogP contribution in [0.4, 0.5) is 0 Å². The number of likely N-dealkylation sites (N-methyl/N-ethyl adjacent to an activating group) is 1. The highest BCUT2D eigenvalue weighted by Crippen LogP contribution is 2.33. The Hall–Kier alpha value is -0.610. The van der Waals surface area contributed by atoms with Crippen molar-refractivity contribution in [1.29, 1.82) is 0 Å². The van der Waals surface area contributed by atoms with Gasteiger partial charge in [-0.3, -0.25) is 9.69 Å². The van der Waals surface area contributed by atoms with E-state index in [-0.39, 0.29) is 11.9 Å². The van der Waals surface area contributed by atoms with Crippen LogP contribution in [-0.4, -0.2) is 61.6 Å². The molecule has 0 bridgehead atoms. The molecular weight excluding hydrogens is 204 g/mol. The summed E-state index contributed by atoms with van der Waals surface area (Å²) in [6, 6.07) is 0.628. The highest BCUT2D eigenvalue weighted by Gasteiger charge is 2.39. The van der Waals surface area contributed by atoms with Crippen LogP contribution < -0.4 is 0 Å². The quantitative estimate of drug-likeness (QED) is 0.659. The lowest BCUT2D eigenvalue weighted by Crippen LogP contribution is -2.54. The van der Waals surface area contributed by atoms with Crippen molar-refractivity contribution in [3.05, 3.63) is 0 Å². The van der Waals surface area contributed by atoms with Crippen LogP contribution in [0, 0.1) is 5.92 Å². The van der Waals surface area contributed by atoms with Crippen LogP contribution in [0.1, 0.15) is 19.8 Å². The first kappa shape index (κ1) is 11.9. The summed E-state index contributed by atoms with van der Waals surface area (Å²) in [4.78, 5) is 16.3. The molecule has 0 amide bonds. The maximum absolute atomic E-state index is 11.5. The molecular formula is C12H22N2O2. The number of nitrogens with zero attached hydrogens (tertiary/aromatic N) is 2. The molecule has 92 valence electrons. The van der Waals surface area contributed by atoms with Gasteiger partial charge in [0.25, 0.3) is 0 Å². The van der Waals surface area contributed by atoms with Gasteiger partial charge in [-0.15, -0.1) is 0 Å². The van der Waals surface area contributed by atoms with Gasteiger partial charge in [0, 0.05) is 32.2 Å². The van der Waals surface area contributed by atoms with E-state index < -0.39 is 0 Å². The van der Waals surface area contributed by atoms with Crippen LogP contribution in [0.2, 0.25) is 0 Å². The van der Waals surface area contributed by atoms with Crippen molar-refractivity contribution < 1.29 is 9.53 Å². The molecule has 0 aromatic heterocycles. The van der Waals surface area contributed by atoms with E-state index >= 15 is 0 Å². The first-order valence-electron chi connectivity index (χ1n) is 6.30. The number of ether oxygens (including phenoxy) is 1. The predicted molar refractivity (Wildman–Crippen MR) is 62.2 cm³/mol. The van der Waals surface area contributed by atoms with Crippen molar-refractivity contribution in [3.8, 4) is 0 Å². The molecule has 4 nitrogen and oxygen atoms in total. The van der Waals surface area contributed by atoms with Gasteiger partial charge < -0.3 is 9.64 Å². The molecule has 1 heterocycles. The molecule has 2 rings (SSSR count). The average Bonchev–Trinajstić information content (AvgIpc) is 2.19. The Morgan fingerprint density at radius 3 is 2.44 bits per heavy atom. The monoisotopic (exact) mass is 226 g/mol.